The van der Waals surface area contributed by atoms with Gasteiger partial charge in [-0.05, 0) is 24.1 Å². The monoisotopic (exact) mass is 368 g/mol. The van der Waals surface area contributed by atoms with Crippen LogP contribution in [0.5, 0.6) is 0 Å². The molecule has 6 nitrogen and oxygen atoms in total. The van der Waals surface area contributed by atoms with E-state index in [1.807, 2.05) is 32.0 Å². The van der Waals surface area contributed by atoms with Crippen LogP contribution in [0.25, 0.3) is 10.2 Å². The fourth-order valence-electron chi connectivity index (χ4n) is 2.01. The number of nitrogens with one attached hydrogen (secondary N) is 2. The van der Waals surface area contributed by atoms with Crippen molar-refractivity contribution in [3.8, 4) is 0 Å². The summed E-state index contributed by atoms with van der Waals surface area (Å²) in [5.41, 5.74) is 6.57. The largest absolute Gasteiger partial charge is 0.354 e. The first kappa shape index (κ1) is 18.6. The maximum atomic E-state index is 11.7. The van der Waals surface area contributed by atoms with Gasteiger partial charge < -0.3 is 16.4 Å². The van der Waals surface area contributed by atoms with E-state index < -0.39 is 6.04 Å². The Morgan fingerprint density at radius 1 is 1.33 bits per heavy atom. The molecule has 0 fully saturated rings. The first-order valence-electron chi connectivity index (χ1n) is 7.71. The van der Waals surface area contributed by atoms with Crippen molar-refractivity contribution in [1.82, 2.24) is 15.6 Å². The number of nitrogens with zero attached hydrogens (tertiary/aromatic N) is 1. The van der Waals surface area contributed by atoms with Gasteiger partial charge in [0.15, 0.2) is 0 Å². The van der Waals surface area contributed by atoms with Crippen molar-refractivity contribution >= 4 is 45.0 Å². The number of benzene rings is 1. The minimum Gasteiger partial charge on any atom is -0.354 e. The molecule has 2 rings (SSSR count). The van der Waals surface area contributed by atoms with Crippen molar-refractivity contribution in [3.63, 3.8) is 0 Å². The summed E-state index contributed by atoms with van der Waals surface area (Å²) in [5, 5.41) is 6.88. The smallest absolute Gasteiger partial charge is 0.239 e. The molecule has 8 heteroatoms. The molecule has 0 spiro atoms. The zero-order valence-corrected chi connectivity index (χ0v) is 15.2. The molecule has 0 bridgehead atoms. The Balaban J connectivity index is 1.74. The van der Waals surface area contributed by atoms with Gasteiger partial charge in [0.2, 0.25) is 11.8 Å². The molecule has 2 aromatic rings. The molecule has 0 aliphatic rings. The summed E-state index contributed by atoms with van der Waals surface area (Å²) in [6.45, 7) is 4.10. The SMILES string of the molecule is CC(C)[C@H](N)C(=O)NCC(=O)NCCc1nc2cc(Cl)ccc2s1. The van der Waals surface area contributed by atoms with Crippen LogP contribution in [0.4, 0.5) is 0 Å². The normalized spacial score (nSPS) is 12.4. The van der Waals surface area contributed by atoms with Gasteiger partial charge in [-0.1, -0.05) is 25.4 Å². The second-order valence-electron chi connectivity index (χ2n) is 5.81. The van der Waals surface area contributed by atoms with Crippen LogP contribution in [0, 0.1) is 5.92 Å². The van der Waals surface area contributed by atoms with E-state index in [4.69, 9.17) is 17.3 Å². The highest BCUT2D eigenvalue weighted by Crippen LogP contribution is 2.24. The molecule has 0 unspecified atom stereocenters. The van der Waals surface area contributed by atoms with Crippen LogP contribution in [0.15, 0.2) is 18.2 Å². The predicted molar refractivity (Wildman–Crippen MR) is 97.2 cm³/mol. The molecule has 1 atom stereocenters. The topological polar surface area (TPSA) is 97.1 Å². The summed E-state index contributed by atoms with van der Waals surface area (Å²) < 4.78 is 1.07. The van der Waals surface area contributed by atoms with Crippen LogP contribution < -0.4 is 16.4 Å². The number of hydrogen-bond donors (Lipinski definition) is 3. The van der Waals surface area contributed by atoms with Gasteiger partial charge in [0.05, 0.1) is 27.8 Å². The van der Waals surface area contributed by atoms with Crippen LogP contribution in [0.1, 0.15) is 18.9 Å². The molecule has 0 aliphatic heterocycles. The molecule has 0 aliphatic carbocycles. The van der Waals surface area contributed by atoms with Crippen molar-refractivity contribution in [2.45, 2.75) is 26.3 Å². The number of carbonyl (C=O) groups excluding carboxylic acids is 2. The van der Waals surface area contributed by atoms with Gasteiger partial charge in [0, 0.05) is 18.0 Å². The van der Waals surface area contributed by atoms with Gasteiger partial charge in [0.1, 0.15) is 0 Å². The van der Waals surface area contributed by atoms with E-state index in [2.05, 4.69) is 15.6 Å². The second kappa shape index (κ2) is 8.41. The van der Waals surface area contributed by atoms with Gasteiger partial charge >= 0.3 is 0 Å². The van der Waals surface area contributed by atoms with Crippen molar-refractivity contribution in [2.24, 2.45) is 11.7 Å². The molecule has 1 aromatic carbocycles. The van der Waals surface area contributed by atoms with Gasteiger partial charge in [-0.3, -0.25) is 9.59 Å². The Hall–Kier alpha value is -1.70. The van der Waals surface area contributed by atoms with Crippen LogP contribution in [-0.4, -0.2) is 35.9 Å². The molecule has 4 N–H and O–H groups in total. The second-order valence-corrected chi connectivity index (χ2v) is 7.36. The Bertz CT molecular complexity index is 732. The van der Waals surface area contributed by atoms with E-state index in [9.17, 15) is 9.59 Å². The molecule has 1 aromatic heterocycles. The Labute approximate surface area is 149 Å². The van der Waals surface area contributed by atoms with E-state index in [0.29, 0.717) is 18.0 Å². The Morgan fingerprint density at radius 2 is 2.08 bits per heavy atom. The molecule has 1 heterocycles. The Kier molecular flexibility index (Phi) is 6.53. The van der Waals surface area contributed by atoms with E-state index in [-0.39, 0.29) is 24.3 Å². The van der Waals surface area contributed by atoms with Gasteiger partial charge in [-0.15, -0.1) is 11.3 Å². The maximum Gasteiger partial charge on any atom is 0.239 e. The number of halogens is 1. The van der Waals surface area contributed by atoms with Crippen LogP contribution >= 0.6 is 22.9 Å². The lowest BCUT2D eigenvalue weighted by Gasteiger charge is -2.15. The fourth-order valence-corrected chi connectivity index (χ4v) is 3.13. The number of fused-ring (bicyclic) bond motifs is 1. The van der Waals surface area contributed by atoms with E-state index in [0.717, 1.165) is 15.2 Å². The maximum absolute atomic E-state index is 11.7. The average molecular weight is 369 g/mol. The number of rotatable bonds is 7. The lowest BCUT2D eigenvalue weighted by atomic mass is 10.1. The summed E-state index contributed by atoms with van der Waals surface area (Å²) in [6.07, 6.45) is 0.627. The lowest BCUT2D eigenvalue weighted by Crippen LogP contribution is -2.47. The number of amides is 2. The van der Waals surface area contributed by atoms with Gasteiger partial charge in [-0.25, -0.2) is 4.98 Å². The summed E-state index contributed by atoms with van der Waals surface area (Å²) >= 11 is 7.52. The van der Waals surface area contributed by atoms with Gasteiger partial charge in [-0.2, -0.15) is 0 Å². The summed E-state index contributed by atoms with van der Waals surface area (Å²) in [7, 11) is 0. The minimum atomic E-state index is -0.604. The quantitative estimate of drug-likeness (QED) is 0.693. The highest BCUT2D eigenvalue weighted by atomic mass is 35.5. The standard InChI is InChI=1S/C16H21ClN4O2S/c1-9(2)15(18)16(23)20-8-13(22)19-6-5-14-21-11-7-10(17)3-4-12(11)24-14/h3-4,7,9,15H,5-6,8,18H2,1-2H3,(H,19,22)(H,20,23)/t15-/m0/s1. The fraction of sp³-hybridized carbons (Fsp3) is 0.438. The molecule has 130 valence electrons. The number of carbonyl (C=O) groups is 2. The number of nitrogens with two attached hydrogens (primary N) is 1. The highest BCUT2D eigenvalue weighted by Gasteiger charge is 2.17. The molecule has 0 saturated heterocycles. The highest BCUT2D eigenvalue weighted by molar-refractivity contribution is 7.18. The van der Waals surface area contributed by atoms with Crippen LogP contribution in [0.3, 0.4) is 0 Å². The molecule has 2 amide bonds. The van der Waals surface area contributed by atoms with Crippen molar-refractivity contribution in [1.29, 1.82) is 0 Å². The number of hydrogen-bond acceptors (Lipinski definition) is 5. The Morgan fingerprint density at radius 3 is 2.79 bits per heavy atom. The van der Waals surface area contributed by atoms with E-state index >= 15 is 0 Å². The number of aromatic nitrogens is 1. The van der Waals surface area contributed by atoms with Crippen molar-refractivity contribution in [2.75, 3.05) is 13.1 Å². The predicted octanol–water partition coefficient (Wildman–Crippen LogP) is 1.71. The lowest BCUT2D eigenvalue weighted by molar-refractivity contribution is -0.127. The van der Waals surface area contributed by atoms with Crippen molar-refractivity contribution in [3.05, 3.63) is 28.2 Å². The zero-order chi connectivity index (χ0) is 17.7. The molecule has 24 heavy (non-hydrogen) atoms. The van der Waals surface area contributed by atoms with E-state index in [1.54, 1.807) is 11.3 Å². The summed E-state index contributed by atoms with van der Waals surface area (Å²) in [5.74, 6) is -0.535. The van der Waals surface area contributed by atoms with Crippen molar-refractivity contribution < 1.29 is 9.59 Å². The summed E-state index contributed by atoms with van der Waals surface area (Å²) in [4.78, 5) is 27.9. The summed E-state index contributed by atoms with van der Waals surface area (Å²) in [6, 6.07) is 4.99. The first-order valence-corrected chi connectivity index (χ1v) is 8.91. The van der Waals surface area contributed by atoms with Gasteiger partial charge in [0.25, 0.3) is 0 Å². The third-order valence-electron chi connectivity index (χ3n) is 3.50. The molecule has 0 radical (unpaired) electrons. The minimum absolute atomic E-state index is 0.0283. The number of thiazole rings is 1. The van der Waals surface area contributed by atoms with E-state index in [1.165, 1.54) is 0 Å². The molecular weight excluding hydrogens is 348 g/mol. The third-order valence-corrected chi connectivity index (χ3v) is 4.83. The molecular formula is C16H21ClN4O2S. The third kappa shape index (κ3) is 5.15. The first-order chi connectivity index (χ1) is 11.4. The van der Waals surface area contributed by atoms with Crippen LogP contribution in [0.2, 0.25) is 5.02 Å². The average Bonchev–Trinajstić information content (AvgIpc) is 2.93. The van der Waals surface area contributed by atoms with Crippen LogP contribution in [-0.2, 0) is 16.0 Å². The molecule has 0 saturated carbocycles. The zero-order valence-electron chi connectivity index (χ0n) is 13.6.